The van der Waals surface area contributed by atoms with Gasteiger partial charge in [-0.05, 0) is 131 Å². The Morgan fingerprint density at radius 1 is 0.266 bits per heavy atom. The predicted molar refractivity (Wildman–Crippen MR) is 265 cm³/mol. The van der Waals surface area contributed by atoms with E-state index in [9.17, 15) is 0 Å². The molecule has 0 bridgehead atoms. The first-order valence-corrected chi connectivity index (χ1v) is 21.5. The van der Waals surface area contributed by atoms with Crippen molar-refractivity contribution in [2.45, 2.75) is 0 Å². The summed E-state index contributed by atoms with van der Waals surface area (Å²) in [5.74, 6) is 0. The number of pyridine rings is 2. The molecule has 0 spiro atoms. The van der Waals surface area contributed by atoms with Crippen molar-refractivity contribution in [3.63, 3.8) is 0 Å². The topological polar surface area (TPSA) is 38.7 Å². The predicted octanol–water partition coefficient (Wildman–Crippen LogP) is 16.0. The highest BCUT2D eigenvalue weighted by Crippen LogP contribution is 2.57. The van der Waals surface area contributed by atoms with Gasteiger partial charge in [0.15, 0.2) is 0 Å². The Hall–Kier alpha value is -8.74. The van der Waals surface area contributed by atoms with Crippen LogP contribution in [-0.4, -0.2) is 9.97 Å². The molecule has 8 aromatic carbocycles. The van der Waals surface area contributed by atoms with E-state index in [4.69, 9.17) is 0 Å². The second-order valence-electron chi connectivity index (χ2n) is 15.6. The number of nitrogens with zero attached hydrogens (tertiary/aromatic N) is 6. The molecule has 0 radical (unpaired) electrons. The van der Waals surface area contributed by atoms with Gasteiger partial charge < -0.3 is 19.6 Å². The van der Waals surface area contributed by atoms with Gasteiger partial charge in [0.1, 0.15) is 0 Å². The zero-order valence-electron chi connectivity index (χ0n) is 34.9. The highest BCUT2D eigenvalue weighted by molar-refractivity contribution is 6.04. The molecule has 3 heterocycles. The lowest BCUT2D eigenvalue weighted by atomic mass is 10.0. The van der Waals surface area contributed by atoms with E-state index in [-0.39, 0.29) is 0 Å². The molecule has 6 nitrogen and oxygen atoms in total. The molecule has 2 aromatic heterocycles. The van der Waals surface area contributed by atoms with Crippen LogP contribution in [0, 0.1) is 0 Å². The van der Waals surface area contributed by atoms with Crippen LogP contribution in [-0.2, 0) is 0 Å². The van der Waals surface area contributed by atoms with Gasteiger partial charge in [-0.3, -0.25) is 9.97 Å². The van der Waals surface area contributed by atoms with Crippen molar-refractivity contribution in [1.29, 1.82) is 0 Å². The number of hydrogen-bond donors (Lipinski definition) is 0. The molecular formula is C58H42N6. The largest absolute Gasteiger partial charge is 0.310 e. The average Bonchev–Trinajstić information content (AvgIpc) is 3.37. The second-order valence-corrected chi connectivity index (χ2v) is 15.6. The first kappa shape index (κ1) is 38.2. The van der Waals surface area contributed by atoms with Crippen LogP contribution >= 0.6 is 0 Å². The van der Waals surface area contributed by atoms with Crippen molar-refractivity contribution in [3.05, 3.63) is 255 Å². The van der Waals surface area contributed by atoms with Crippen LogP contribution in [0.25, 0.3) is 22.3 Å². The monoisotopic (exact) mass is 822 g/mol. The summed E-state index contributed by atoms with van der Waals surface area (Å²) in [4.78, 5) is 18.6. The zero-order chi connectivity index (χ0) is 42.7. The third kappa shape index (κ3) is 7.29. The van der Waals surface area contributed by atoms with Gasteiger partial charge in [-0.2, -0.15) is 0 Å². The number of rotatable bonds is 10. The van der Waals surface area contributed by atoms with Gasteiger partial charge in [0.05, 0.1) is 46.5 Å². The van der Waals surface area contributed by atoms with Crippen molar-refractivity contribution in [1.82, 2.24) is 9.97 Å². The molecular weight excluding hydrogens is 781 g/mol. The van der Waals surface area contributed by atoms with Gasteiger partial charge in [-0.15, -0.1) is 0 Å². The Morgan fingerprint density at radius 3 is 1.02 bits per heavy atom. The molecule has 64 heavy (non-hydrogen) atoms. The Labute approximate surface area is 373 Å². The Kier molecular flexibility index (Phi) is 10.1. The fourth-order valence-corrected chi connectivity index (χ4v) is 8.78. The molecule has 0 atom stereocenters. The molecule has 1 aliphatic heterocycles. The van der Waals surface area contributed by atoms with Gasteiger partial charge in [0.25, 0.3) is 0 Å². The zero-order valence-corrected chi connectivity index (χ0v) is 34.9. The quantitative estimate of drug-likeness (QED) is 0.137. The molecule has 0 unspecified atom stereocenters. The van der Waals surface area contributed by atoms with Gasteiger partial charge >= 0.3 is 0 Å². The fraction of sp³-hybridized carbons (Fsp3) is 0. The maximum atomic E-state index is 4.65. The molecule has 10 aromatic rings. The van der Waals surface area contributed by atoms with Crippen LogP contribution in [0.15, 0.2) is 255 Å². The summed E-state index contributed by atoms with van der Waals surface area (Å²) < 4.78 is 0. The molecule has 0 saturated heterocycles. The number of fused-ring (bicyclic) bond motifs is 2. The van der Waals surface area contributed by atoms with Crippen molar-refractivity contribution >= 4 is 68.2 Å². The van der Waals surface area contributed by atoms with E-state index in [0.717, 1.165) is 79.4 Å². The summed E-state index contributed by atoms with van der Waals surface area (Å²) in [5.41, 5.74) is 16.8. The van der Waals surface area contributed by atoms with Crippen molar-refractivity contribution in [2.24, 2.45) is 0 Å². The minimum absolute atomic E-state index is 0.952. The molecule has 0 saturated carbocycles. The van der Waals surface area contributed by atoms with E-state index < -0.39 is 0 Å². The number of anilines is 12. The minimum atomic E-state index is 0.952. The molecule has 11 rings (SSSR count). The first-order valence-electron chi connectivity index (χ1n) is 21.5. The SMILES string of the molecule is c1ccc(-c2cccc(N(c3ccccc3)c3ccc4c(c3)N(c3cccnc3)c3ccc(N(c5ccccc5)c5cccc(-c6ccccc6)c5)cc3N4c3cccnc3)c2)cc1. The van der Waals surface area contributed by atoms with Crippen molar-refractivity contribution in [2.75, 3.05) is 19.6 Å². The lowest BCUT2D eigenvalue weighted by molar-refractivity contribution is 1.14. The Balaban J connectivity index is 1.11. The van der Waals surface area contributed by atoms with Crippen LogP contribution in [0.2, 0.25) is 0 Å². The summed E-state index contributed by atoms with van der Waals surface area (Å²) >= 11 is 0. The summed E-state index contributed by atoms with van der Waals surface area (Å²) in [6.45, 7) is 0. The second kappa shape index (κ2) is 17.0. The summed E-state index contributed by atoms with van der Waals surface area (Å²) in [7, 11) is 0. The van der Waals surface area contributed by atoms with Crippen LogP contribution < -0.4 is 19.6 Å². The summed E-state index contributed by atoms with van der Waals surface area (Å²) in [5, 5.41) is 0. The van der Waals surface area contributed by atoms with E-state index in [0.29, 0.717) is 0 Å². The van der Waals surface area contributed by atoms with E-state index in [1.54, 1.807) is 0 Å². The maximum Gasteiger partial charge on any atom is 0.0724 e. The Bertz CT molecular complexity index is 2950. The Morgan fingerprint density at radius 2 is 0.625 bits per heavy atom. The van der Waals surface area contributed by atoms with Crippen LogP contribution in [0.1, 0.15) is 0 Å². The van der Waals surface area contributed by atoms with Crippen LogP contribution in [0.5, 0.6) is 0 Å². The normalized spacial score (nSPS) is 11.7. The number of aromatic nitrogens is 2. The lowest BCUT2D eigenvalue weighted by Crippen LogP contribution is -2.25. The van der Waals surface area contributed by atoms with E-state index in [2.05, 4.69) is 248 Å². The molecule has 0 fully saturated rings. The molecule has 0 aliphatic carbocycles. The maximum absolute atomic E-state index is 4.65. The van der Waals surface area contributed by atoms with E-state index in [1.807, 2.05) is 36.9 Å². The minimum Gasteiger partial charge on any atom is -0.310 e. The third-order valence-electron chi connectivity index (χ3n) is 11.7. The van der Waals surface area contributed by atoms with Gasteiger partial charge in [0, 0.05) is 46.5 Å². The van der Waals surface area contributed by atoms with Gasteiger partial charge in [-0.1, -0.05) is 121 Å². The highest BCUT2D eigenvalue weighted by atomic mass is 15.3. The third-order valence-corrected chi connectivity index (χ3v) is 11.7. The van der Waals surface area contributed by atoms with Crippen LogP contribution in [0.3, 0.4) is 0 Å². The van der Waals surface area contributed by atoms with Gasteiger partial charge in [0.2, 0.25) is 0 Å². The molecule has 0 amide bonds. The lowest BCUT2D eigenvalue weighted by Gasteiger charge is -2.41. The number of benzene rings is 8. The molecule has 6 heteroatoms. The van der Waals surface area contributed by atoms with Gasteiger partial charge in [-0.25, -0.2) is 0 Å². The van der Waals surface area contributed by atoms with Crippen molar-refractivity contribution in [3.8, 4) is 22.3 Å². The van der Waals surface area contributed by atoms with Crippen LogP contribution in [0.4, 0.5) is 68.2 Å². The molecule has 0 N–H and O–H groups in total. The number of para-hydroxylation sites is 2. The van der Waals surface area contributed by atoms with E-state index >= 15 is 0 Å². The fourth-order valence-electron chi connectivity index (χ4n) is 8.78. The average molecular weight is 823 g/mol. The molecule has 1 aliphatic rings. The summed E-state index contributed by atoms with van der Waals surface area (Å²) in [6, 6.07) is 81.6. The van der Waals surface area contributed by atoms with Crippen molar-refractivity contribution < 1.29 is 0 Å². The smallest absolute Gasteiger partial charge is 0.0724 e. The molecule has 304 valence electrons. The summed E-state index contributed by atoms with van der Waals surface area (Å²) in [6.07, 6.45) is 7.54. The number of hydrogen-bond acceptors (Lipinski definition) is 6. The van der Waals surface area contributed by atoms with E-state index in [1.165, 1.54) is 11.1 Å². The first-order chi connectivity index (χ1) is 31.8. The highest BCUT2D eigenvalue weighted by Gasteiger charge is 2.33. The standard InChI is InChI=1S/C58H42N6/c1-5-17-43(18-6-1)45-21-13-27-49(37-45)61(47-23-9-3-10-24-47)51-31-33-55-57(39-51)63(53-29-15-35-59-41-53)56-34-32-52(40-58(56)64(55)54-30-16-36-60-42-54)62(48-25-11-4-12-26-48)50-28-14-22-46(38-50)44-19-7-2-8-20-44/h1-42H.